The van der Waals surface area contributed by atoms with Crippen molar-refractivity contribution in [2.45, 2.75) is 46.3 Å². The number of pyridine rings is 1. The van der Waals surface area contributed by atoms with Crippen LogP contribution in [0.25, 0.3) is 11.3 Å². The van der Waals surface area contributed by atoms with Gasteiger partial charge in [0.05, 0.1) is 6.54 Å². The summed E-state index contributed by atoms with van der Waals surface area (Å²) in [5, 5.41) is 0. The molecule has 0 fully saturated rings. The van der Waals surface area contributed by atoms with E-state index >= 15 is 0 Å². The summed E-state index contributed by atoms with van der Waals surface area (Å²) in [6.07, 6.45) is 3.38. The Hall–Kier alpha value is -3.93. The molecule has 1 amide bonds. The first kappa shape index (κ1) is 25.2. The highest BCUT2D eigenvalue weighted by molar-refractivity contribution is 6.58. The van der Waals surface area contributed by atoms with Crippen molar-refractivity contribution < 1.29 is 9.53 Å². The Morgan fingerprint density at radius 1 is 0.944 bits per heavy atom. The first-order chi connectivity index (χ1) is 17.3. The second-order valence-electron chi connectivity index (χ2n) is 9.56. The van der Waals surface area contributed by atoms with E-state index in [0.29, 0.717) is 42.6 Å². The van der Waals surface area contributed by atoms with Gasteiger partial charge < -0.3 is 15.4 Å². The molecule has 0 bridgehead atoms. The summed E-state index contributed by atoms with van der Waals surface area (Å²) in [5.74, 6) is 1.14. The highest BCUT2D eigenvalue weighted by atomic mass is 16.5. The van der Waals surface area contributed by atoms with E-state index in [4.69, 9.17) is 10.5 Å². The zero-order chi connectivity index (χ0) is 25.7. The topological polar surface area (TPSA) is 80.8 Å². The Balaban J connectivity index is 1.62. The molecule has 0 radical (unpaired) electrons. The van der Waals surface area contributed by atoms with Crippen molar-refractivity contribution in [1.82, 2.24) is 9.88 Å². The Bertz CT molecular complexity index is 1240. The van der Waals surface area contributed by atoms with E-state index in [1.54, 1.807) is 12.4 Å². The predicted octanol–water partition coefficient (Wildman–Crippen LogP) is 5.30. The van der Waals surface area contributed by atoms with E-state index in [-0.39, 0.29) is 11.9 Å². The summed E-state index contributed by atoms with van der Waals surface area (Å²) >= 11 is 0. The Kier molecular flexibility index (Phi) is 7.84. The van der Waals surface area contributed by atoms with E-state index in [1.807, 2.05) is 55.1 Å². The first-order valence-corrected chi connectivity index (χ1v) is 12.4. The number of carbonyl (C=O) groups is 1. The number of aliphatic imine (C=N–C) groups is 1. The summed E-state index contributed by atoms with van der Waals surface area (Å²) in [5.41, 5.74) is 12.2. The highest BCUT2D eigenvalue weighted by Crippen LogP contribution is 2.28. The number of rotatable bonds is 8. The van der Waals surface area contributed by atoms with Crippen molar-refractivity contribution in [3.05, 3.63) is 95.3 Å². The van der Waals surface area contributed by atoms with Crippen LogP contribution in [-0.4, -0.2) is 40.6 Å². The van der Waals surface area contributed by atoms with E-state index < -0.39 is 0 Å². The molecule has 36 heavy (non-hydrogen) atoms. The van der Waals surface area contributed by atoms with Gasteiger partial charge in [-0.05, 0) is 60.7 Å². The summed E-state index contributed by atoms with van der Waals surface area (Å²) in [7, 11) is 0. The van der Waals surface area contributed by atoms with Crippen LogP contribution in [0.1, 0.15) is 55.9 Å². The third-order valence-electron chi connectivity index (χ3n) is 6.39. The molecule has 0 saturated heterocycles. The predicted molar refractivity (Wildman–Crippen MR) is 146 cm³/mol. The normalized spacial score (nSPS) is 14.7. The SMILES string of the molecule is CC(C)c1ccc(COc2ccc(C(C3=NCCN(C(C)C)C3=O)=C(N)c3ccncc3)cc2)cc1. The van der Waals surface area contributed by atoms with Crippen LogP contribution in [0.2, 0.25) is 0 Å². The van der Waals surface area contributed by atoms with E-state index in [9.17, 15) is 4.79 Å². The van der Waals surface area contributed by atoms with Crippen LogP contribution < -0.4 is 10.5 Å². The van der Waals surface area contributed by atoms with Crippen LogP contribution in [0, 0.1) is 0 Å². The zero-order valence-electron chi connectivity index (χ0n) is 21.4. The average Bonchev–Trinajstić information content (AvgIpc) is 2.89. The Morgan fingerprint density at radius 2 is 1.61 bits per heavy atom. The van der Waals surface area contributed by atoms with Gasteiger partial charge in [-0.1, -0.05) is 50.2 Å². The summed E-state index contributed by atoms with van der Waals surface area (Å²) in [6.45, 7) is 10.0. The van der Waals surface area contributed by atoms with Crippen molar-refractivity contribution in [2.75, 3.05) is 13.1 Å². The van der Waals surface area contributed by atoms with Crippen LogP contribution in [0.3, 0.4) is 0 Å². The number of hydrogen-bond acceptors (Lipinski definition) is 5. The third kappa shape index (κ3) is 5.65. The number of hydrogen-bond donors (Lipinski definition) is 1. The van der Waals surface area contributed by atoms with Crippen LogP contribution >= 0.6 is 0 Å². The quantitative estimate of drug-likeness (QED) is 0.472. The minimum absolute atomic E-state index is 0.0804. The molecule has 0 unspecified atom stereocenters. The molecule has 2 N–H and O–H groups in total. The second-order valence-corrected chi connectivity index (χ2v) is 9.56. The standard InChI is InChI=1S/C30H34N4O2/c1-20(2)23-7-5-22(6-8-23)19-36-26-11-9-24(10-12-26)27(28(31)25-13-15-32-16-14-25)29-30(35)34(21(3)4)18-17-33-29/h5-16,20-21H,17-19,31H2,1-4H3. The second kappa shape index (κ2) is 11.2. The minimum Gasteiger partial charge on any atom is -0.489 e. The summed E-state index contributed by atoms with van der Waals surface area (Å²) in [4.78, 5) is 23.9. The molecular formula is C30H34N4O2. The Labute approximate surface area is 213 Å². The number of nitrogens with two attached hydrogens (primary N) is 1. The lowest BCUT2D eigenvalue weighted by atomic mass is 9.94. The molecule has 0 saturated carbocycles. The number of benzene rings is 2. The zero-order valence-corrected chi connectivity index (χ0v) is 21.4. The number of carbonyl (C=O) groups excluding carboxylic acids is 1. The van der Waals surface area contributed by atoms with Gasteiger partial charge in [0.15, 0.2) is 0 Å². The molecule has 2 aromatic carbocycles. The number of aromatic nitrogens is 1. The highest BCUT2D eigenvalue weighted by Gasteiger charge is 2.30. The lowest BCUT2D eigenvalue weighted by Gasteiger charge is -2.31. The maximum Gasteiger partial charge on any atom is 0.273 e. The lowest BCUT2D eigenvalue weighted by molar-refractivity contribution is -0.125. The van der Waals surface area contributed by atoms with Gasteiger partial charge >= 0.3 is 0 Å². The fourth-order valence-corrected chi connectivity index (χ4v) is 4.23. The molecule has 6 nitrogen and oxygen atoms in total. The molecule has 0 spiro atoms. The van der Waals surface area contributed by atoms with Crippen LogP contribution in [-0.2, 0) is 11.4 Å². The molecular weight excluding hydrogens is 448 g/mol. The lowest BCUT2D eigenvalue weighted by Crippen LogP contribution is -2.46. The molecule has 3 aromatic rings. The maximum absolute atomic E-state index is 13.4. The van der Waals surface area contributed by atoms with Crippen LogP contribution in [0.15, 0.2) is 78.0 Å². The van der Waals surface area contributed by atoms with Gasteiger partial charge in [0.25, 0.3) is 5.91 Å². The van der Waals surface area contributed by atoms with Crippen molar-refractivity contribution in [1.29, 1.82) is 0 Å². The number of ether oxygens (including phenoxy) is 1. The van der Waals surface area contributed by atoms with Gasteiger partial charge in [-0.3, -0.25) is 14.8 Å². The smallest absolute Gasteiger partial charge is 0.273 e. The Morgan fingerprint density at radius 3 is 2.22 bits per heavy atom. The summed E-state index contributed by atoms with van der Waals surface area (Å²) in [6, 6.07) is 19.9. The number of nitrogens with zero attached hydrogens (tertiary/aromatic N) is 3. The maximum atomic E-state index is 13.4. The molecule has 1 aromatic heterocycles. The van der Waals surface area contributed by atoms with Crippen molar-refractivity contribution in [3.8, 4) is 5.75 Å². The molecule has 186 valence electrons. The van der Waals surface area contributed by atoms with Gasteiger partial charge in [0.2, 0.25) is 0 Å². The molecule has 2 heterocycles. The molecule has 0 aliphatic carbocycles. The van der Waals surface area contributed by atoms with Gasteiger partial charge in [-0.15, -0.1) is 0 Å². The largest absolute Gasteiger partial charge is 0.489 e. The first-order valence-electron chi connectivity index (χ1n) is 12.4. The van der Waals surface area contributed by atoms with E-state index in [1.165, 1.54) is 5.56 Å². The third-order valence-corrected chi connectivity index (χ3v) is 6.39. The van der Waals surface area contributed by atoms with Gasteiger partial charge in [-0.25, -0.2) is 0 Å². The van der Waals surface area contributed by atoms with Crippen molar-refractivity contribution in [3.63, 3.8) is 0 Å². The van der Waals surface area contributed by atoms with E-state index in [0.717, 1.165) is 22.4 Å². The summed E-state index contributed by atoms with van der Waals surface area (Å²) < 4.78 is 6.03. The van der Waals surface area contributed by atoms with Crippen LogP contribution in [0.5, 0.6) is 5.75 Å². The fraction of sp³-hybridized carbons (Fsp3) is 0.300. The molecule has 1 aliphatic rings. The molecule has 6 heteroatoms. The molecule has 0 atom stereocenters. The van der Waals surface area contributed by atoms with Crippen molar-refractivity contribution in [2.24, 2.45) is 10.7 Å². The van der Waals surface area contributed by atoms with E-state index in [2.05, 4.69) is 48.1 Å². The van der Waals surface area contributed by atoms with Gasteiger partial charge in [-0.2, -0.15) is 0 Å². The van der Waals surface area contributed by atoms with Gasteiger partial charge in [0, 0.05) is 41.8 Å². The average molecular weight is 483 g/mol. The van der Waals surface area contributed by atoms with Crippen molar-refractivity contribution >= 4 is 22.9 Å². The van der Waals surface area contributed by atoms with Crippen LogP contribution in [0.4, 0.5) is 0 Å². The molecule has 4 rings (SSSR count). The minimum atomic E-state index is -0.103. The fourth-order valence-electron chi connectivity index (χ4n) is 4.23. The van der Waals surface area contributed by atoms with Gasteiger partial charge in [0.1, 0.15) is 18.1 Å². The number of amides is 1. The molecule has 1 aliphatic heterocycles. The monoisotopic (exact) mass is 482 g/mol.